The van der Waals surface area contributed by atoms with E-state index in [0.717, 1.165) is 5.56 Å². The standard InChI is InChI=1S/C29H27ClO5/c1-3-34-28(32)27(29(33)35-4-2)24(19-25(31)20-11-7-5-8-12-20)26(21-13-9-6-10-14-21)22-15-17-23(30)18-16-22/h5-18,27H,3-4,19H2,1-2H3/b26-24-. The minimum Gasteiger partial charge on any atom is -0.465 e. The fourth-order valence-corrected chi connectivity index (χ4v) is 3.95. The molecule has 0 fully saturated rings. The molecule has 180 valence electrons. The zero-order valence-corrected chi connectivity index (χ0v) is 20.5. The maximum absolute atomic E-state index is 13.4. The molecule has 0 saturated carbocycles. The van der Waals surface area contributed by atoms with Crippen LogP contribution in [-0.4, -0.2) is 30.9 Å². The molecule has 35 heavy (non-hydrogen) atoms. The maximum Gasteiger partial charge on any atom is 0.324 e. The predicted molar refractivity (Wildman–Crippen MR) is 136 cm³/mol. The van der Waals surface area contributed by atoms with Gasteiger partial charge in [0.05, 0.1) is 13.2 Å². The van der Waals surface area contributed by atoms with Crippen LogP contribution in [0.3, 0.4) is 0 Å². The Morgan fingerprint density at radius 3 is 1.63 bits per heavy atom. The number of benzene rings is 3. The Balaban J connectivity index is 2.31. The van der Waals surface area contributed by atoms with E-state index >= 15 is 0 Å². The summed E-state index contributed by atoms with van der Waals surface area (Å²) in [7, 11) is 0. The highest BCUT2D eigenvalue weighted by molar-refractivity contribution is 6.30. The molecule has 0 radical (unpaired) electrons. The Bertz CT molecular complexity index is 1170. The van der Waals surface area contributed by atoms with Crippen LogP contribution in [0.4, 0.5) is 0 Å². The summed E-state index contributed by atoms with van der Waals surface area (Å²) in [6.45, 7) is 3.48. The minimum absolute atomic E-state index is 0.0796. The van der Waals surface area contributed by atoms with Gasteiger partial charge in [0.25, 0.3) is 0 Å². The molecule has 0 spiro atoms. The van der Waals surface area contributed by atoms with Crippen LogP contribution in [0.1, 0.15) is 41.8 Å². The molecule has 3 aromatic rings. The van der Waals surface area contributed by atoms with Gasteiger partial charge < -0.3 is 9.47 Å². The van der Waals surface area contributed by atoms with Gasteiger partial charge in [0.1, 0.15) is 0 Å². The van der Waals surface area contributed by atoms with E-state index in [1.807, 2.05) is 36.4 Å². The van der Waals surface area contributed by atoms with E-state index in [1.165, 1.54) is 0 Å². The molecule has 0 amide bonds. The third-order valence-electron chi connectivity index (χ3n) is 5.36. The van der Waals surface area contributed by atoms with Gasteiger partial charge in [-0.2, -0.15) is 0 Å². The van der Waals surface area contributed by atoms with Crippen molar-refractivity contribution >= 4 is 34.9 Å². The number of halogens is 1. The SMILES string of the molecule is CCOC(=O)C(C(=O)OCC)/C(CC(=O)c1ccccc1)=C(/c1ccccc1)c1ccc(Cl)cc1. The smallest absolute Gasteiger partial charge is 0.324 e. The summed E-state index contributed by atoms with van der Waals surface area (Å²) in [6.07, 6.45) is -0.181. The van der Waals surface area contributed by atoms with Crippen LogP contribution in [0.15, 0.2) is 90.5 Å². The summed E-state index contributed by atoms with van der Waals surface area (Å²) in [4.78, 5) is 39.7. The van der Waals surface area contributed by atoms with Crippen molar-refractivity contribution in [3.63, 3.8) is 0 Å². The highest BCUT2D eigenvalue weighted by Gasteiger charge is 2.37. The number of ether oxygens (including phenoxy) is 2. The first-order valence-electron chi connectivity index (χ1n) is 11.4. The zero-order chi connectivity index (χ0) is 25.2. The second-order valence-corrected chi connectivity index (χ2v) is 8.11. The van der Waals surface area contributed by atoms with Crippen molar-refractivity contribution in [3.8, 4) is 0 Å². The van der Waals surface area contributed by atoms with Crippen LogP contribution in [-0.2, 0) is 19.1 Å². The average Bonchev–Trinajstić information content (AvgIpc) is 2.87. The number of carbonyl (C=O) groups is 3. The molecule has 5 nitrogen and oxygen atoms in total. The molecule has 0 aliphatic heterocycles. The van der Waals surface area contributed by atoms with Crippen LogP contribution in [0, 0.1) is 5.92 Å². The number of Topliss-reactive ketones (excluding diaryl/α,β-unsaturated/α-hetero) is 1. The van der Waals surface area contributed by atoms with Crippen molar-refractivity contribution in [2.45, 2.75) is 20.3 Å². The topological polar surface area (TPSA) is 69.7 Å². The molecule has 0 aliphatic rings. The molecule has 0 bridgehead atoms. The summed E-state index contributed by atoms with van der Waals surface area (Å²) in [5.41, 5.74) is 2.81. The van der Waals surface area contributed by atoms with E-state index in [2.05, 4.69) is 0 Å². The largest absolute Gasteiger partial charge is 0.465 e. The third-order valence-corrected chi connectivity index (χ3v) is 5.61. The molecule has 0 unspecified atom stereocenters. The molecular weight excluding hydrogens is 464 g/mol. The molecule has 3 rings (SSSR count). The van der Waals surface area contributed by atoms with Crippen LogP contribution >= 0.6 is 11.6 Å². The van der Waals surface area contributed by atoms with Crippen molar-refractivity contribution in [2.75, 3.05) is 13.2 Å². The van der Waals surface area contributed by atoms with Gasteiger partial charge in [0.15, 0.2) is 11.7 Å². The molecule has 0 saturated heterocycles. The maximum atomic E-state index is 13.4. The lowest BCUT2D eigenvalue weighted by atomic mass is 9.83. The van der Waals surface area contributed by atoms with Gasteiger partial charge in [0.2, 0.25) is 0 Å². The van der Waals surface area contributed by atoms with Gasteiger partial charge in [-0.05, 0) is 48.3 Å². The van der Waals surface area contributed by atoms with Crippen molar-refractivity contribution in [2.24, 2.45) is 5.92 Å². The summed E-state index contributed by atoms with van der Waals surface area (Å²) in [6, 6.07) is 25.1. The van der Waals surface area contributed by atoms with E-state index in [9.17, 15) is 14.4 Å². The number of hydrogen-bond donors (Lipinski definition) is 0. The molecule has 0 heterocycles. The van der Waals surface area contributed by atoms with Gasteiger partial charge in [-0.1, -0.05) is 84.4 Å². The van der Waals surface area contributed by atoms with Crippen LogP contribution in [0.25, 0.3) is 5.57 Å². The van der Waals surface area contributed by atoms with Gasteiger partial charge in [-0.25, -0.2) is 0 Å². The fourth-order valence-electron chi connectivity index (χ4n) is 3.82. The molecule has 0 atom stereocenters. The third kappa shape index (κ3) is 6.67. The van der Waals surface area contributed by atoms with Gasteiger partial charge in [-0.3, -0.25) is 14.4 Å². The van der Waals surface area contributed by atoms with Crippen molar-refractivity contribution in [1.29, 1.82) is 0 Å². The van der Waals surface area contributed by atoms with E-state index in [0.29, 0.717) is 27.3 Å². The Morgan fingerprint density at radius 2 is 1.14 bits per heavy atom. The lowest BCUT2D eigenvalue weighted by Crippen LogP contribution is -2.31. The van der Waals surface area contributed by atoms with E-state index in [-0.39, 0.29) is 25.4 Å². The highest BCUT2D eigenvalue weighted by Crippen LogP contribution is 2.35. The summed E-state index contributed by atoms with van der Waals surface area (Å²) in [5, 5.41) is 0.537. The van der Waals surface area contributed by atoms with Crippen molar-refractivity contribution in [1.82, 2.24) is 0 Å². The molecule has 0 aliphatic carbocycles. The lowest BCUT2D eigenvalue weighted by molar-refractivity contribution is -0.159. The van der Waals surface area contributed by atoms with Gasteiger partial charge in [0, 0.05) is 17.0 Å². The molecular formula is C29H27ClO5. The highest BCUT2D eigenvalue weighted by atomic mass is 35.5. The summed E-state index contributed by atoms with van der Waals surface area (Å²) >= 11 is 6.13. The minimum atomic E-state index is -1.41. The number of rotatable bonds is 10. The summed E-state index contributed by atoms with van der Waals surface area (Å²) in [5.74, 6) is -3.16. The fraction of sp³-hybridized carbons (Fsp3) is 0.207. The van der Waals surface area contributed by atoms with Gasteiger partial charge in [-0.15, -0.1) is 0 Å². The number of carbonyl (C=O) groups excluding carboxylic acids is 3. The first kappa shape index (κ1) is 25.9. The lowest BCUT2D eigenvalue weighted by Gasteiger charge is -2.22. The molecule has 6 heteroatoms. The zero-order valence-electron chi connectivity index (χ0n) is 19.7. The van der Waals surface area contributed by atoms with Gasteiger partial charge >= 0.3 is 11.9 Å². The van der Waals surface area contributed by atoms with Crippen molar-refractivity contribution in [3.05, 3.63) is 112 Å². The quantitative estimate of drug-likeness (QED) is 0.193. The number of hydrogen-bond acceptors (Lipinski definition) is 5. The second kappa shape index (κ2) is 12.7. The first-order valence-corrected chi connectivity index (χ1v) is 11.8. The van der Waals surface area contributed by atoms with E-state index in [1.54, 1.807) is 62.4 Å². The molecule has 0 aromatic heterocycles. The average molecular weight is 491 g/mol. The first-order chi connectivity index (χ1) is 17.0. The molecule has 3 aromatic carbocycles. The Kier molecular flexibility index (Phi) is 9.39. The van der Waals surface area contributed by atoms with Crippen LogP contribution in [0.5, 0.6) is 0 Å². The Labute approximate surface area is 210 Å². The normalized spacial score (nSPS) is 11.5. The number of ketones is 1. The summed E-state index contributed by atoms with van der Waals surface area (Å²) < 4.78 is 10.5. The second-order valence-electron chi connectivity index (χ2n) is 7.68. The van der Waals surface area contributed by atoms with Crippen LogP contribution < -0.4 is 0 Å². The van der Waals surface area contributed by atoms with Crippen LogP contribution in [0.2, 0.25) is 5.02 Å². The number of esters is 2. The van der Waals surface area contributed by atoms with E-state index in [4.69, 9.17) is 21.1 Å². The monoisotopic (exact) mass is 490 g/mol. The predicted octanol–water partition coefficient (Wildman–Crippen LogP) is 6.16. The van der Waals surface area contributed by atoms with E-state index < -0.39 is 17.9 Å². The van der Waals surface area contributed by atoms with Crippen molar-refractivity contribution < 1.29 is 23.9 Å². The Hall–Kier alpha value is -3.70. The molecule has 0 N–H and O–H groups in total. The Morgan fingerprint density at radius 1 is 0.686 bits per heavy atom.